The molecule has 3 aromatic rings. The van der Waals surface area contributed by atoms with Crippen LogP contribution in [0.15, 0.2) is 41.2 Å². The number of aromatic amines is 1. The molecule has 1 atom stereocenters. The first kappa shape index (κ1) is 15.6. The van der Waals surface area contributed by atoms with Gasteiger partial charge in [-0.1, -0.05) is 35.5 Å². The van der Waals surface area contributed by atoms with Gasteiger partial charge in [0.25, 0.3) is 5.91 Å². The molecule has 0 bridgehead atoms. The van der Waals surface area contributed by atoms with E-state index < -0.39 is 0 Å². The van der Waals surface area contributed by atoms with Crippen LogP contribution in [0.25, 0.3) is 0 Å². The topological polar surface area (TPSA) is 87.9 Å². The van der Waals surface area contributed by atoms with Crippen LogP contribution in [-0.2, 0) is 12.8 Å². The van der Waals surface area contributed by atoms with Crippen molar-refractivity contribution in [2.24, 2.45) is 0 Å². The maximum Gasteiger partial charge on any atom is 0.276 e. The number of carbonyl (C=O) groups is 1. The van der Waals surface area contributed by atoms with Gasteiger partial charge in [0.05, 0.1) is 0 Å². The molecule has 0 fully saturated rings. The molecule has 4 rings (SSSR count). The van der Waals surface area contributed by atoms with Crippen molar-refractivity contribution in [3.05, 3.63) is 65.1 Å². The van der Waals surface area contributed by atoms with Crippen molar-refractivity contribution < 1.29 is 9.32 Å². The maximum absolute atomic E-state index is 13.1. The quantitative estimate of drug-likeness (QED) is 0.790. The Balaban J connectivity index is 1.70. The van der Waals surface area contributed by atoms with E-state index in [9.17, 15) is 4.79 Å². The highest BCUT2D eigenvalue weighted by atomic mass is 16.5. The Morgan fingerprint density at radius 3 is 2.80 bits per heavy atom. The van der Waals surface area contributed by atoms with Crippen LogP contribution in [0.5, 0.6) is 0 Å². The summed E-state index contributed by atoms with van der Waals surface area (Å²) < 4.78 is 5.40. The van der Waals surface area contributed by atoms with Crippen molar-refractivity contribution >= 4 is 5.91 Å². The van der Waals surface area contributed by atoms with E-state index >= 15 is 0 Å². The lowest BCUT2D eigenvalue weighted by molar-refractivity contribution is 0.0738. The van der Waals surface area contributed by atoms with E-state index in [0.29, 0.717) is 11.5 Å². The number of aromatic nitrogens is 4. The normalized spacial score (nSPS) is 14.8. The zero-order chi connectivity index (χ0) is 17.2. The van der Waals surface area contributed by atoms with Crippen molar-refractivity contribution in [1.82, 2.24) is 25.2 Å². The lowest BCUT2D eigenvalue weighted by Crippen LogP contribution is -2.33. The smallest absolute Gasteiger partial charge is 0.276 e. The SMILES string of the molecule is CN(C(=O)c1noc2c1CCCC2)C(c1ccccc1)c1ncn[nH]1. The summed E-state index contributed by atoms with van der Waals surface area (Å²) in [5, 5.41) is 10.9. The van der Waals surface area contributed by atoms with E-state index in [1.165, 1.54) is 6.33 Å². The maximum atomic E-state index is 13.1. The molecule has 0 saturated carbocycles. The summed E-state index contributed by atoms with van der Waals surface area (Å²) in [6.07, 6.45) is 5.27. The van der Waals surface area contributed by atoms with E-state index in [2.05, 4.69) is 20.3 Å². The first-order chi connectivity index (χ1) is 12.3. The summed E-state index contributed by atoms with van der Waals surface area (Å²) in [6, 6.07) is 9.39. The van der Waals surface area contributed by atoms with Crippen LogP contribution in [0.4, 0.5) is 0 Å². The molecular formula is C18H19N5O2. The molecule has 2 aromatic heterocycles. The van der Waals surface area contributed by atoms with Crippen LogP contribution in [0.3, 0.4) is 0 Å². The van der Waals surface area contributed by atoms with Gasteiger partial charge in [-0.25, -0.2) is 4.98 Å². The van der Waals surface area contributed by atoms with Gasteiger partial charge in [0.1, 0.15) is 18.1 Å². The fourth-order valence-corrected chi connectivity index (χ4v) is 3.38. The monoisotopic (exact) mass is 337 g/mol. The predicted molar refractivity (Wildman–Crippen MR) is 89.9 cm³/mol. The van der Waals surface area contributed by atoms with Crippen LogP contribution < -0.4 is 0 Å². The molecule has 1 amide bonds. The molecule has 1 aromatic carbocycles. The Morgan fingerprint density at radius 2 is 2.04 bits per heavy atom. The van der Waals surface area contributed by atoms with Crippen molar-refractivity contribution in [3.8, 4) is 0 Å². The van der Waals surface area contributed by atoms with Crippen LogP contribution in [0.2, 0.25) is 0 Å². The Labute approximate surface area is 145 Å². The predicted octanol–water partition coefficient (Wildman–Crippen LogP) is 2.53. The zero-order valence-corrected chi connectivity index (χ0v) is 14.0. The fourth-order valence-electron chi connectivity index (χ4n) is 3.38. The second-order valence-electron chi connectivity index (χ2n) is 6.24. The van der Waals surface area contributed by atoms with Crippen LogP contribution in [0, 0.1) is 0 Å². The number of fused-ring (bicyclic) bond motifs is 1. The highest BCUT2D eigenvalue weighted by Gasteiger charge is 2.31. The number of hydrogen-bond acceptors (Lipinski definition) is 5. The van der Waals surface area contributed by atoms with Gasteiger partial charge in [0.15, 0.2) is 11.5 Å². The number of amides is 1. The summed E-state index contributed by atoms with van der Waals surface area (Å²) in [4.78, 5) is 19.0. The van der Waals surface area contributed by atoms with E-state index in [1.807, 2.05) is 30.3 Å². The molecule has 0 saturated heterocycles. The average Bonchev–Trinajstić information content (AvgIpc) is 3.32. The van der Waals surface area contributed by atoms with Gasteiger partial charge in [-0.2, -0.15) is 5.10 Å². The van der Waals surface area contributed by atoms with Gasteiger partial charge in [-0.15, -0.1) is 0 Å². The van der Waals surface area contributed by atoms with Crippen molar-refractivity contribution in [2.75, 3.05) is 7.05 Å². The van der Waals surface area contributed by atoms with Gasteiger partial charge in [-0.05, 0) is 24.8 Å². The van der Waals surface area contributed by atoms with Gasteiger partial charge in [0, 0.05) is 19.0 Å². The number of aryl methyl sites for hydroxylation is 1. The highest BCUT2D eigenvalue weighted by Crippen LogP contribution is 2.29. The molecule has 1 N–H and O–H groups in total. The molecule has 128 valence electrons. The third-order valence-corrected chi connectivity index (χ3v) is 4.67. The third-order valence-electron chi connectivity index (χ3n) is 4.67. The lowest BCUT2D eigenvalue weighted by Gasteiger charge is -2.26. The van der Waals surface area contributed by atoms with E-state index in [0.717, 1.165) is 42.6 Å². The summed E-state index contributed by atoms with van der Waals surface area (Å²) >= 11 is 0. The zero-order valence-electron chi connectivity index (χ0n) is 14.0. The van der Waals surface area contributed by atoms with Gasteiger partial charge in [0.2, 0.25) is 0 Å². The van der Waals surface area contributed by atoms with E-state index in [1.54, 1.807) is 11.9 Å². The minimum Gasteiger partial charge on any atom is -0.360 e. The van der Waals surface area contributed by atoms with Crippen LogP contribution in [0.1, 0.15) is 52.1 Å². The molecule has 1 aliphatic carbocycles. The fraction of sp³-hybridized carbons (Fsp3) is 0.333. The number of carbonyl (C=O) groups excluding carboxylic acids is 1. The average molecular weight is 337 g/mol. The van der Waals surface area contributed by atoms with Crippen molar-refractivity contribution in [2.45, 2.75) is 31.7 Å². The van der Waals surface area contributed by atoms with Gasteiger partial charge in [-0.3, -0.25) is 9.89 Å². The Morgan fingerprint density at radius 1 is 1.24 bits per heavy atom. The van der Waals surface area contributed by atoms with Crippen molar-refractivity contribution in [1.29, 1.82) is 0 Å². The highest BCUT2D eigenvalue weighted by molar-refractivity contribution is 5.94. The minimum absolute atomic E-state index is 0.169. The van der Waals surface area contributed by atoms with Gasteiger partial charge < -0.3 is 9.42 Å². The van der Waals surface area contributed by atoms with Crippen LogP contribution in [-0.4, -0.2) is 38.2 Å². The summed E-state index contributed by atoms with van der Waals surface area (Å²) in [5.41, 5.74) is 2.32. The molecule has 0 aliphatic heterocycles. The largest absolute Gasteiger partial charge is 0.360 e. The Hall–Kier alpha value is -2.96. The molecule has 25 heavy (non-hydrogen) atoms. The number of nitrogens with zero attached hydrogens (tertiary/aromatic N) is 4. The van der Waals surface area contributed by atoms with E-state index in [4.69, 9.17) is 4.52 Å². The molecule has 1 unspecified atom stereocenters. The molecule has 1 aliphatic rings. The molecular weight excluding hydrogens is 318 g/mol. The van der Waals surface area contributed by atoms with Crippen molar-refractivity contribution in [3.63, 3.8) is 0 Å². The number of hydrogen-bond donors (Lipinski definition) is 1. The number of benzene rings is 1. The molecule has 7 nitrogen and oxygen atoms in total. The number of rotatable bonds is 4. The Kier molecular flexibility index (Phi) is 4.05. The molecule has 7 heteroatoms. The molecule has 0 spiro atoms. The summed E-state index contributed by atoms with van der Waals surface area (Å²) in [6.45, 7) is 0. The standard InChI is InChI=1S/C18H19N5O2/c1-23(18(24)15-13-9-5-6-10-14(13)25-22-15)16(17-19-11-20-21-17)12-7-3-2-4-8-12/h2-4,7-8,11,16H,5-6,9-10H2,1H3,(H,19,20,21). The minimum atomic E-state index is -0.368. The summed E-state index contributed by atoms with van der Waals surface area (Å²) in [7, 11) is 1.76. The lowest BCUT2D eigenvalue weighted by atomic mass is 9.96. The van der Waals surface area contributed by atoms with Crippen LogP contribution >= 0.6 is 0 Å². The third kappa shape index (κ3) is 2.82. The van der Waals surface area contributed by atoms with Gasteiger partial charge >= 0.3 is 0 Å². The molecule has 0 radical (unpaired) electrons. The second kappa shape index (κ2) is 6.51. The first-order valence-corrected chi connectivity index (χ1v) is 8.40. The number of nitrogens with one attached hydrogen (secondary N) is 1. The van der Waals surface area contributed by atoms with E-state index in [-0.39, 0.29) is 11.9 Å². The number of H-pyrrole nitrogens is 1. The first-order valence-electron chi connectivity index (χ1n) is 8.40. The second-order valence-corrected chi connectivity index (χ2v) is 6.24. The molecule has 2 heterocycles. The summed E-state index contributed by atoms with van der Waals surface area (Å²) in [5.74, 6) is 1.29. The Bertz CT molecular complexity index is 857.